The SMILES string of the molecule is O=C([O-])c1ccc(NC(=O)C23CC4C[C@@H](CC[C@H](C4)C2)C3)cc1. The highest BCUT2D eigenvalue weighted by Gasteiger charge is 2.52. The Morgan fingerprint density at radius 1 is 0.957 bits per heavy atom. The van der Waals surface area contributed by atoms with Crippen molar-refractivity contribution in [1.29, 1.82) is 0 Å². The number of anilines is 1. The van der Waals surface area contributed by atoms with Gasteiger partial charge in [-0.25, -0.2) is 0 Å². The Labute approximate surface area is 136 Å². The molecular weight excluding hydrogens is 290 g/mol. The zero-order valence-corrected chi connectivity index (χ0v) is 13.2. The van der Waals surface area contributed by atoms with Gasteiger partial charge in [0.15, 0.2) is 0 Å². The van der Waals surface area contributed by atoms with Crippen LogP contribution in [0.25, 0.3) is 0 Å². The largest absolute Gasteiger partial charge is 0.545 e. The molecule has 0 saturated heterocycles. The summed E-state index contributed by atoms with van der Waals surface area (Å²) in [6, 6.07) is 6.27. The predicted octanol–water partition coefficient (Wildman–Crippen LogP) is 2.60. The Hall–Kier alpha value is -1.84. The van der Waals surface area contributed by atoms with E-state index in [0.717, 1.165) is 25.2 Å². The molecule has 0 unspecified atom stereocenters. The number of carboxylic acids is 1. The maximum absolute atomic E-state index is 13.0. The van der Waals surface area contributed by atoms with Crippen LogP contribution < -0.4 is 10.4 Å². The number of hydrogen-bond donors (Lipinski definition) is 1. The number of hydrogen-bond acceptors (Lipinski definition) is 3. The summed E-state index contributed by atoms with van der Waals surface area (Å²) in [5.74, 6) is 1.10. The Bertz CT molecular complexity index is 621. The molecule has 4 heteroatoms. The van der Waals surface area contributed by atoms with Gasteiger partial charge in [-0.3, -0.25) is 4.79 Å². The van der Waals surface area contributed by atoms with E-state index in [9.17, 15) is 14.7 Å². The van der Waals surface area contributed by atoms with E-state index < -0.39 is 5.97 Å². The monoisotopic (exact) mass is 312 g/mol. The van der Waals surface area contributed by atoms with Crippen molar-refractivity contribution in [2.45, 2.75) is 44.9 Å². The van der Waals surface area contributed by atoms with Gasteiger partial charge in [0.25, 0.3) is 0 Å². The van der Waals surface area contributed by atoms with Crippen molar-refractivity contribution in [2.75, 3.05) is 5.32 Å². The van der Waals surface area contributed by atoms with E-state index in [0.29, 0.717) is 17.5 Å². The topological polar surface area (TPSA) is 69.2 Å². The average molecular weight is 312 g/mol. The molecule has 1 N–H and O–H groups in total. The minimum atomic E-state index is -1.19. The molecule has 0 heterocycles. The summed E-state index contributed by atoms with van der Waals surface area (Å²) >= 11 is 0. The van der Waals surface area contributed by atoms with Crippen molar-refractivity contribution in [1.82, 2.24) is 0 Å². The van der Waals surface area contributed by atoms with E-state index in [2.05, 4.69) is 5.32 Å². The number of carboxylic acid groups (broad SMARTS) is 1. The van der Waals surface area contributed by atoms with E-state index in [-0.39, 0.29) is 16.9 Å². The molecule has 4 aliphatic rings. The maximum Gasteiger partial charge on any atom is 0.230 e. The van der Waals surface area contributed by atoms with Crippen LogP contribution in [-0.2, 0) is 4.79 Å². The van der Waals surface area contributed by atoms with Gasteiger partial charge >= 0.3 is 0 Å². The van der Waals surface area contributed by atoms with E-state index in [1.54, 1.807) is 12.1 Å². The van der Waals surface area contributed by atoms with Gasteiger partial charge in [0.2, 0.25) is 5.91 Å². The second-order valence-corrected chi connectivity index (χ2v) is 7.86. The molecule has 5 rings (SSSR count). The van der Waals surface area contributed by atoms with Crippen molar-refractivity contribution in [3.8, 4) is 0 Å². The highest BCUT2D eigenvalue weighted by molar-refractivity contribution is 5.96. The zero-order chi connectivity index (χ0) is 16.0. The fourth-order valence-corrected chi connectivity index (χ4v) is 5.42. The van der Waals surface area contributed by atoms with Crippen molar-refractivity contribution >= 4 is 17.6 Å². The van der Waals surface area contributed by atoms with E-state index >= 15 is 0 Å². The van der Waals surface area contributed by atoms with Crippen LogP contribution >= 0.6 is 0 Å². The van der Waals surface area contributed by atoms with Crippen LogP contribution in [-0.4, -0.2) is 11.9 Å². The number of nitrogens with one attached hydrogen (secondary N) is 1. The molecule has 2 atom stereocenters. The molecule has 0 spiro atoms. The molecule has 4 fully saturated rings. The Kier molecular flexibility index (Phi) is 3.43. The average Bonchev–Trinajstić information content (AvgIpc) is 2.74. The van der Waals surface area contributed by atoms with Gasteiger partial charge in [0.05, 0.1) is 11.4 Å². The number of carbonyl (C=O) groups is 2. The molecule has 1 aromatic carbocycles. The lowest BCUT2D eigenvalue weighted by Gasteiger charge is -2.47. The van der Waals surface area contributed by atoms with Crippen LogP contribution in [0.5, 0.6) is 0 Å². The first-order valence-corrected chi connectivity index (χ1v) is 8.67. The molecule has 23 heavy (non-hydrogen) atoms. The number of rotatable bonds is 3. The first-order valence-electron chi connectivity index (χ1n) is 8.67. The van der Waals surface area contributed by atoms with Crippen LogP contribution in [0.15, 0.2) is 24.3 Å². The quantitative estimate of drug-likeness (QED) is 0.932. The number of amides is 1. The van der Waals surface area contributed by atoms with E-state index in [4.69, 9.17) is 0 Å². The fraction of sp³-hybridized carbons (Fsp3) is 0.579. The lowest BCUT2D eigenvalue weighted by Crippen LogP contribution is -2.46. The van der Waals surface area contributed by atoms with Crippen LogP contribution in [0.3, 0.4) is 0 Å². The first-order chi connectivity index (χ1) is 11.0. The molecular formula is C19H22NO3-. The van der Waals surface area contributed by atoms with Gasteiger partial charge in [0, 0.05) is 5.69 Å². The molecule has 0 aliphatic heterocycles. The minimum absolute atomic E-state index is 0.134. The third kappa shape index (κ3) is 2.64. The van der Waals surface area contributed by atoms with Crippen molar-refractivity contribution in [2.24, 2.45) is 23.2 Å². The summed E-state index contributed by atoms with van der Waals surface area (Å²) in [6.07, 6.45) is 8.29. The molecule has 4 bridgehead atoms. The Balaban J connectivity index is 1.53. The molecule has 4 saturated carbocycles. The summed E-state index contributed by atoms with van der Waals surface area (Å²) in [7, 11) is 0. The molecule has 0 aromatic heterocycles. The lowest BCUT2D eigenvalue weighted by atomic mass is 9.58. The highest BCUT2D eigenvalue weighted by atomic mass is 16.4. The Morgan fingerprint density at radius 2 is 1.52 bits per heavy atom. The van der Waals surface area contributed by atoms with Gasteiger partial charge in [-0.15, -0.1) is 0 Å². The normalized spacial score (nSPS) is 34.9. The van der Waals surface area contributed by atoms with Crippen molar-refractivity contribution < 1.29 is 14.7 Å². The summed E-state index contributed by atoms with van der Waals surface area (Å²) < 4.78 is 0. The maximum atomic E-state index is 13.0. The molecule has 1 amide bonds. The first kappa shape index (κ1) is 14.7. The van der Waals surface area contributed by atoms with E-state index in [1.165, 1.54) is 37.8 Å². The summed E-state index contributed by atoms with van der Waals surface area (Å²) in [6.45, 7) is 0. The molecule has 0 radical (unpaired) electrons. The second-order valence-electron chi connectivity index (χ2n) is 7.86. The molecule has 4 nitrogen and oxygen atoms in total. The van der Waals surface area contributed by atoms with Gasteiger partial charge < -0.3 is 15.2 Å². The van der Waals surface area contributed by atoms with E-state index in [1.807, 2.05) is 0 Å². The van der Waals surface area contributed by atoms with Gasteiger partial charge in [0.1, 0.15) is 0 Å². The molecule has 1 aromatic rings. The zero-order valence-electron chi connectivity index (χ0n) is 13.2. The lowest BCUT2D eigenvalue weighted by molar-refractivity contribution is -0.255. The summed E-state index contributed by atoms with van der Waals surface area (Å²) in [4.78, 5) is 23.8. The third-order valence-electron chi connectivity index (χ3n) is 6.21. The number of fused-ring (bicyclic) bond motifs is 1. The standard InChI is InChI=1S/C19H23NO3/c21-17(22)15-3-5-16(6-4-15)20-18(23)19-9-12-1-2-13(10-19)8-14(7-12)11-19/h3-6,12-14H,1-2,7-11H2,(H,20,23)(H,21,22)/p-1/t12-,13-,14?,19?/m1/s1. The van der Waals surface area contributed by atoms with Crippen LogP contribution in [0.1, 0.15) is 55.3 Å². The minimum Gasteiger partial charge on any atom is -0.545 e. The summed E-state index contributed by atoms with van der Waals surface area (Å²) in [5.41, 5.74) is 0.615. The second kappa shape index (κ2) is 5.36. The predicted molar refractivity (Wildman–Crippen MR) is 84.6 cm³/mol. The van der Waals surface area contributed by atoms with Gasteiger partial charge in [-0.1, -0.05) is 25.0 Å². The van der Waals surface area contributed by atoms with Gasteiger partial charge in [-0.05, 0) is 67.6 Å². The molecule has 4 aliphatic carbocycles. The third-order valence-corrected chi connectivity index (χ3v) is 6.21. The number of benzene rings is 1. The number of aromatic carboxylic acids is 1. The number of carbonyl (C=O) groups excluding carboxylic acids is 2. The van der Waals surface area contributed by atoms with Crippen LogP contribution in [0.4, 0.5) is 5.69 Å². The Morgan fingerprint density at radius 3 is 2.09 bits per heavy atom. The highest BCUT2D eigenvalue weighted by Crippen LogP contribution is 2.58. The fourth-order valence-electron chi connectivity index (χ4n) is 5.42. The summed E-state index contributed by atoms with van der Waals surface area (Å²) in [5, 5.41) is 13.8. The van der Waals surface area contributed by atoms with Crippen molar-refractivity contribution in [3.63, 3.8) is 0 Å². The van der Waals surface area contributed by atoms with Crippen molar-refractivity contribution in [3.05, 3.63) is 29.8 Å². The van der Waals surface area contributed by atoms with Crippen LogP contribution in [0.2, 0.25) is 0 Å². The van der Waals surface area contributed by atoms with Gasteiger partial charge in [-0.2, -0.15) is 0 Å². The molecule has 122 valence electrons. The van der Waals surface area contributed by atoms with Crippen LogP contribution in [0, 0.1) is 23.2 Å². The smallest absolute Gasteiger partial charge is 0.230 e.